The molecule has 1 fully saturated rings. The highest BCUT2D eigenvalue weighted by atomic mass is 16.2. The molecule has 3 rings (SSSR count). The summed E-state index contributed by atoms with van der Waals surface area (Å²) >= 11 is 0. The van der Waals surface area contributed by atoms with Crippen molar-refractivity contribution in [1.29, 1.82) is 0 Å². The van der Waals surface area contributed by atoms with Crippen molar-refractivity contribution in [3.8, 4) is 11.4 Å². The van der Waals surface area contributed by atoms with Gasteiger partial charge in [-0.05, 0) is 38.3 Å². The lowest BCUT2D eigenvalue weighted by Gasteiger charge is -2.30. The van der Waals surface area contributed by atoms with Crippen molar-refractivity contribution < 1.29 is 4.79 Å². The van der Waals surface area contributed by atoms with Crippen LogP contribution < -0.4 is 0 Å². The van der Waals surface area contributed by atoms with Crippen LogP contribution >= 0.6 is 0 Å². The van der Waals surface area contributed by atoms with Crippen LogP contribution in [0, 0.1) is 12.3 Å². The van der Waals surface area contributed by atoms with Gasteiger partial charge in [-0.25, -0.2) is 9.97 Å². The van der Waals surface area contributed by atoms with Gasteiger partial charge in [0, 0.05) is 30.4 Å². The number of aryl methyl sites for hydroxylation is 2. The topological polar surface area (TPSA) is 63.9 Å². The second-order valence-corrected chi connectivity index (χ2v) is 8.10. The number of hydrogen-bond acceptors (Lipinski definition) is 4. The van der Waals surface area contributed by atoms with Gasteiger partial charge in [-0.15, -0.1) is 0 Å². The molecule has 2 aromatic heterocycles. The molecule has 1 aliphatic heterocycles. The van der Waals surface area contributed by atoms with E-state index in [-0.39, 0.29) is 11.9 Å². The Hall–Kier alpha value is -2.24. The fourth-order valence-electron chi connectivity index (χ4n) is 3.52. The highest BCUT2D eigenvalue weighted by Crippen LogP contribution is 2.34. The average Bonchev–Trinajstić information content (AvgIpc) is 3.22. The van der Waals surface area contributed by atoms with Gasteiger partial charge in [0.25, 0.3) is 0 Å². The zero-order valence-corrected chi connectivity index (χ0v) is 16.5. The Kier molecular flexibility index (Phi) is 5.12. The van der Waals surface area contributed by atoms with Gasteiger partial charge in [-0.1, -0.05) is 27.7 Å². The van der Waals surface area contributed by atoms with Crippen LogP contribution in [-0.4, -0.2) is 37.1 Å². The Bertz CT molecular complexity index is 790. The van der Waals surface area contributed by atoms with E-state index < -0.39 is 5.41 Å². The van der Waals surface area contributed by atoms with Crippen LogP contribution in [0.5, 0.6) is 0 Å². The van der Waals surface area contributed by atoms with E-state index in [4.69, 9.17) is 4.98 Å². The first-order valence-corrected chi connectivity index (χ1v) is 9.50. The van der Waals surface area contributed by atoms with Gasteiger partial charge in [0.15, 0.2) is 5.82 Å². The molecule has 1 atom stereocenters. The predicted octanol–water partition coefficient (Wildman–Crippen LogP) is 3.77. The fraction of sp³-hybridized carbons (Fsp3) is 0.600. The van der Waals surface area contributed by atoms with Crippen molar-refractivity contribution in [2.24, 2.45) is 5.41 Å². The molecular formula is C20H29N5O. The number of hydrogen-bond donors (Lipinski definition) is 0. The third-order valence-electron chi connectivity index (χ3n) is 4.74. The number of carbonyl (C=O) groups is 1. The molecule has 6 nitrogen and oxygen atoms in total. The second kappa shape index (κ2) is 7.17. The van der Waals surface area contributed by atoms with Crippen molar-refractivity contribution in [3.63, 3.8) is 0 Å². The maximum Gasteiger partial charge on any atom is 0.228 e. The molecule has 0 radical (unpaired) electrons. The monoisotopic (exact) mass is 355 g/mol. The van der Waals surface area contributed by atoms with Crippen molar-refractivity contribution >= 4 is 5.91 Å². The van der Waals surface area contributed by atoms with E-state index in [0.29, 0.717) is 0 Å². The van der Waals surface area contributed by atoms with Gasteiger partial charge >= 0.3 is 0 Å². The molecule has 26 heavy (non-hydrogen) atoms. The van der Waals surface area contributed by atoms with Gasteiger partial charge in [-0.2, -0.15) is 5.10 Å². The fourth-order valence-corrected chi connectivity index (χ4v) is 3.52. The van der Waals surface area contributed by atoms with Gasteiger partial charge in [-0.3, -0.25) is 9.48 Å². The van der Waals surface area contributed by atoms with E-state index in [1.165, 1.54) is 0 Å². The van der Waals surface area contributed by atoms with Crippen molar-refractivity contribution in [1.82, 2.24) is 24.6 Å². The number of nitrogens with zero attached hydrogens (tertiary/aromatic N) is 5. The Labute approximate surface area is 155 Å². The molecule has 0 unspecified atom stereocenters. The molecule has 0 aromatic carbocycles. The van der Waals surface area contributed by atoms with Gasteiger partial charge < -0.3 is 4.90 Å². The maximum absolute atomic E-state index is 12.8. The van der Waals surface area contributed by atoms with Crippen LogP contribution in [0.2, 0.25) is 0 Å². The number of likely N-dealkylation sites (tertiary alicyclic amines) is 1. The van der Waals surface area contributed by atoms with E-state index in [1.54, 1.807) is 0 Å². The highest BCUT2D eigenvalue weighted by Gasteiger charge is 2.37. The maximum atomic E-state index is 12.8. The highest BCUT2D eigenvalue weighted by molar-refractivity contribution is 5.82. The molecule has 2 aromatic rings. The molecular weight excluding hydrogens is 326 g/mol. The number of rotatable bonds is 4. The molecule has 0 bridgehead atoms. The van der Waals surface area contributed by atoms with Crippen molar-refractivity contribution in [2.75, 3.05) is 6.54 Å². The minimum absolute atomic E-state index is 0.0390. The Morgan fingerprint density at radius 1 is 1.31 bits per heavy atom. The van der Waals surface area contributed by atoms with E-state index in [1.807, 2.05) is 55.6 Å². The van der Waals surface area contributed by atoms with Crippen LogP contribution in [0.1, 0.15) is 64.5 Å². The summed E-state index contributed by atoms with van der Waals surface area (Å²) in [5.74, 6) is 0.919. The van der Waals surface area contributed by atoms with E-state index in [2.05, 4.69) is 17.0 Å². The molecule has 0 saturated carbocycles. The molecule has 1 amide bonds. The lowest BCUT2D eigenvalue weighted by atomic mass is 9.94. The normalized spacial score (nSPS) is 17.7. The first kappa shape index (κ1) is 18.5. The summed E-state index contributed by atoms with van der Waals surface area (Å²) in [4.78, 5) is 24.3. The molecule has 0 aliphatic carbocycles. The van der Waals surface area contributed by atoms with Gasteiger partial charge in [0.05, 0.1) is 17.4 Å². The van der Waals surface area contributed by atoms with Gasteiger partial charge in [0.1, 0.15) is 0 Å². The van der Waals surface area contributed by atoms with Gasteiger partial charge in [0.2, 0.25) is 5.91 Å². The largest absolute Gasteiger partial charge is 0.332 e. The second-order valence-electron chi connectivity index (χ2n) is 8.10. The lowest BCUT2D eigenvalue weighted by molar-refractivity contribution is -0.140. The van der Waals surface area contributed by atoms with Crippen LogP contribution in [-0.2, 0) is 11.3 Å². The standard InChI is InChI=1S/C20H29N5O/c1-6-11-25-16(9-10-21-25)15-13-14(2)22-18(23-15)17-8-7-12-24(17)19(26)20(3,4)5/h9-10,13,17H,6-8,11-12H2,1-5H3/t17-/m0/s1. The van der Waals surface area contributed by atoms with Crippen molar-refractivity contribution in [2.45, 2.75) is 66.5 Å². The molecule has 0 N–H and O–H groups in total. The molecule has 1 aliphatic rings. The number of carbonyl (C=O) groups excluding carboxylic acids is 1. The Balaban J connectivity index is 1.97. The van der Waals surface area contributed by atoms with Crippen molar-refractivity contribution in [3.05, 3.63) is 29.8 Å². The molecule has 6 heteroatoms. The van der Waals surface area contributed by atoms with E-state index in [9.17, 15) is 4.79 Å². The molecule has 0 spiro atoms. The first-order chi connectivity index (χ1) is 12.3. The first-order valence-electron chi connectivity index (χ1n) is 9.50. The minimum Gasteiger partial charge on any atom is -0.332 e. The number of amides is 1. The summed E-state index contributed by atoms with van der Waals surface area (Å²) in [6.07, 6.45) is 4.74. The summed E-state index contributed by atoms with van der Waals surface area (Å²) < 4.78 is 1.98. The molecule has 1 saturated heterocycles. The smallest absolute Gasteiger partial charge is 0.228 e. The molecule has 140 valence electrons. The van der Waals surface area contributed by atoms with Crippen LogP contribution in [0.15, 0.2) is 18.3 Å². The minimum atomic E-state index is -0.394. The summed E-state index contributed by atoms with van der Waals surface area (Å²) in [6.45, 7) is 11.7. The predicted molar refractivity (Wildman–Crippen MR) is 101 cm³/mol. The van der Waals surface area contributed by atoms with E-state index >= 15 is 0 Å². The lowest BCUT2D eigenvalue weighted by Crippen LogP contribution is -2.39. The Morgan fingerprint density at radius 3 is 2.77 bits per heavy atom. The Morgan fingerprint density at radius 2 is 2.08 bits per heavy atom. The van der Waals surface area contributed by atoms with Crippen LogP contribution in [0.25, 0.3) is 11.4 Å². The third kappa shape index (κ3) is 3.64. The SMILES string of the molecule is CCCn1nccc1-c1cc(C)nc([C@@H]2CCCN2C(=O)C(C)(C)C)n1. The summed E-state index contributed by atoms with van der Waals surface area (Å²) in [5, 5.41) is 4.41. The van der Waals surface area contributed by atoms with Crippen LogP contribution in [0.3, 0.4) is 0 Å². The quantitative estimate of drug-likeness (QED) is 0.837. The van der Waals surface area contributed by atoms with Crippen LogP contribution in [0.4, 0.5) is 0 Å². The summed E-state index contributed by atoms with van der Waals surface area (Å²) in [7, 11) is 0. The third-order valence-corrected chi connectivity index (χ3v) is 4.74. The summed E-state index contributed by atoms with van der Waals surface area (Å²) in [5.41, 5.74) is 2.41. The zero-order chi connectivity index (χ0) is 18.9. The zero-order valence-electron chi connectivity index (χ0n) is 16.5. The van der Waals surface area contributed by atoms with E-state index in [0.717, 1.165) is 55.3 Å². The summed E-state index contributed by atoms with van der Waals surface area (Å²) in [6, 6.07) is 3.95. The molecule has 3 heterocycles. The number of aromatic nitrogens is 4. The average molecular weight is 355 g/mol.